The fraction of sp³-hybridized carbons (Fsp3) is 0.175. The van der Waals surface area contributed by atoms with Crippen LogP contribution >= 0.6 is 0 Å². The van der Waals surface area contributed by atoms with E-state index in [4.69, 9.17) is 15.0 Å². The summed E-state index contributed by atoms with van der Waals surface area (Å²) in [7, 11) is -1.52. The van der Waals surface area contributed by atoms with Crippen molar-refractivity contribution in [3.63, 3.8) is 0 Å². The minimum Gasteiger partial charge on any atom is -0.278 e. The molecule has 0 saturated carbocycles. The molecule has 46 heavy (non-hydrogen) atoms. The maximum Gasteiger partial charge on any atom is 0.240 e. The Kier molecular flexibility index (Phi) is 5.75. The predicted molar refractivity (Wildman–Crippen MR) is 194 cm³/mol. The van der Waals surface area contributed by atoms with Crippen molar-refractivity contribution in [2.75, 3.05) is 0 Å². The van der Waals surface area contributed by atoms with Gasteiger partial charge in [-0.05, 0) is 47.7 Å². The van der Waals surface area contributed by atoms with E-state index in [9.17, 15) is 0 Å². The zero-order chi connectivity index (χ0) is 31.2. The summed E-state index contributed by atoms with van der Waals surface area (Å²) in [4.78, 5) is 15.9. The summed E-state index contributed by atoms with van der Waals surface area (Å²) in [6, 6.07) is 42.4. The molecule has 5 aromatic carbocycles. The van der Waals surface area contributed by atoms with Crippen LogP contribution in [0.5, 0.6) is 0 Å². The fourth-order valence-corrected chi connectivity index (χ4v) is 10.9. The third kappa shape index (κ3) is 3.96. The summed E-state index contributed by atoms with van der Waals surface area (Å²) in [5, 5.41) is 6.29. The molecule has 0 N–H and O–H groups in total. The zero-order valence-electron chi connectivity index (χ0n) is 26.6. The molecule has 0 spiro atoms. The molecule has 8 aromatic rings. The van der Waals surface area contributed by atoms with Crippen LogP contribution in [0.2, 0.25) is 19.1 Å². The number of hydrogen-bond acceptors (Lipinski definition) is 3. The predicted octanol–water partition coefficient (Wildman–Crippen LogP) is 9.33. The van der Waals surface area contributed by atoms with Gasteiger partial charge in [0, 0.05) is 27.1 Å². The second-order valence-electron chi connectivity index (χ2n) is 14.0. The fourth-order valence-electron chi connectivity index (χ4n) is 7.69. The SMILES string of the molecule is CC1(C)CC[Si](C)(C)c2ccc(-c3nc(-n4c5ccccc5c5ccccc54)nc(-n4c5ccccc5c5ccccc54)n3)cc21. The van der Waals surface area contributed by atoms with Crippen LogP contribution in [0, 0.1) is 0 Å². The van der Waals surface area contributed by atoms with E-state index in [1.807, 2.05) is 0 Å². The Morgan fingerprint density at radius 2 is 1.00 bits per heavy atom. The van der Waals surface area contributed by atoms with E-state index in [0.29, 0.717) is 17.7 Å². The number of benzene rings is 5. The van der Waals surface area contributed by atoms with Crippen LogP contribution in [-0.4, -0.2) is 32.2 Å². The Hall–Kier alpha value is -5.07. The molecule has 3 aromatic heterocycles. The van der Waals surface area contributed by atoms with Gasteiger partial charge < -0.3 is 0 Å². The number of hydrogen-bond donors (Lipinski definition) is 0. The van der Waals surface area contributed by atoms with Gasteiger partial charge in [-0.2, -0.15) is 15.0 Å². The summed E-state index contributed by atoms with van der Waals surface area (Å²) in [6.45, 7) is 9.79. The first-order chi connectivity index (χ1) is 22.3. The van der Waals surface area contributed by atoms with E-state index >= 15 is 0 Å². The standard InChI is InChI=1S/C40H35N5Si/c1-40(2)23-24-46(3,4)36-22-21-26(25-31(36)40)37-41-38(44-32-17-9-5-13-27(32)28-14-6-10-18-33(28)44)43-39(42-37)45-34-19-11-7-15-29(34)30-16-8-12-20-35(30)45/h5-22,25H,23-24H2,1-4H3. The molecule has 0 fully saturated rings. The zero-order valence-corrected chi connectivity index (χ0v) is 27.6. The van der Waals surface area contributed by atoms with Crippen molar-refractivity contribution in [3.05, 3.63) is 121 Å². The topological polar surface area (TPSA) is 48.5 Å². The van der Waals surface area contributed by atoms with Gasteiger partial charge in [-0.15, -0.1) is 0 Å². The molecular weight excluding hydrogens is 579 g/mol. The number of rotatable bonds is 3. The van der Waals surface area contributed by atoms with Crippen LogP contribution in [0.3, 0.4) is 0 Å². The van der Waals surface area contributed by atoms with Crippen molar-refractivity contribution in [2.24, 2.45) is 0 Å². The van der Waals surface area contributed by atoms with Crippen molar-refractivity contribution in [1.82, 2.24) is 24.1 Å². The van der Waals surface area contributed by atoms with Gasteiger partial charge in [0.2, 0.25) is 11.9 Å². The highest BCUT2D eigenvalue weighted by Crippen LogP contribution is 2.39. The third-order valence-corrected chi connectivity index (χ3v) is 13.7. The Morgan fingerprint density at radius 1 is 0.565 bits per heavy atom. The minimum absolute atomic E-state index is 0.103. The van der Waals surface area contributed by atoms with Gasteiger partial charge in [-0.25, -0.2) is 0 Å². The molecule has 0 radical (unpaired) electrons. The van der Waals surface area contributed by atoms with Crippen molar-refractivity contribution < 1.29 is 0 Å². The Bertz CT molecular complexity index is 2260. The van der Waals surface area contributed by atoms with E-state index in [0.717, 1.165) is 27.6 Å². The molecule has 0 saturated heterocycles. The Morgan fingerprint density at radius 3 is 1.46 bits per heavy atom. The smallest absolute Gasteiger partial charge is 0.240 e. The molecule has 0 amide bonds. The van der Waals surface area contributed by atoms with E-state index in [1.54, 1.807) is 5.19 Å². The Balaban J connectivity index is 1.38. The van der Waals surface area contributed by atoms with E-state index in [2.05, 4.69) is 151 Å². The van der Waals surface area contributed by atoms with Gasteiger partial charge in [0.25, 0.3) is 0 Å². The first-order valence-corrected chi connectivity index (χ1v) is 19.4. The average Bonchev–Trinajstić information content (AvgIpc) is 3.60. The molecule has 0 aliphatic carbocycles. The number of fused-ring (bicyclic) bond motifs is 7. The molecule has 1 aliphatic rings. The van der Waals surface area contributed by atoms with E-state index in [1.165, 1.54) is 39.6 Å². The molecule has 224 valence electrons. The quantitative estimate of drug-likeness (QED) is 0.187. The van der Waals surface area contributed by atoms with Crippen LogP contribution in [0.4, 0.5) is 0 Å². The second-order valence-corrected chi connectivity index (χ2v) is 18.8. The van der Waals surface area contributed by atoms with Crippen molar-refractivity contribution in [1.29, 1.82) is 0 Å². The lowest BCUT2D eigenvalue weighted by molar-refractivity contribution is 0.498. The average molecular weight is 614 g/mol. The lowest BCUT2D eigenvalue weighted by Crippen LogP contribution is -2.50. The largest absolute Gasteiger partial charge is 0.278 e. The lowest BCUT2D eigenvalue weighted by atomic mass is 9.81. The van der Waals surface area contributed by atoms with E-state index in [-0.39, 0.29) is 5.41 Å². The van der Waals surface area contributed by atoms with E-state index < -0.39 is 8.07 Å². The number of aromatic nitrogens is 5. The highest BCUT2D eigenvalue weighted by molar-refractivity contribution is 6.90. The van der Waals surface area contributed by atoms with Gasteiger partial charge in [0.1, 0.15) is 0 Å². The summed E-state index contributed by atoms with van der Waals surface area (Å²) >= 11 is 0. The number of para-hydroxylation sites is 4. The Labute approximate surface area is 269 Å². The summed E-state index contributed by atoms with van der Waals surface area (Å²) in [5.41, 5.74) is 6.89. The van der Waals surface area contributed by atoms with Crippen molar-refractivity contribution >= 4 is 56.9 Å². The highest BCUT2D eigenvalue weighted by Gasteiger charge is 2.38. The van der Waals surface area contributed by atoms with Crippen LogP contribution < -0.4 is 5.19 Å². The summed E-state index contributed by atoms with van der Waals surface area (Å²) in [6.07, 6.45) is 1.21. The van der Waals surface area contributed by atoms with Gasteiger partial charge in [-0.1, -0.05) is 123 Å². The monoisotopic (exact) mass is 613 g/mol. The lowest BCUT2D eigenvalue weighted by Gasteiger charge is -2.40. The molecule has 0 unspecified atom stereocenters. The molecule has 5 nitrogen and oxygen atoms in total. The van der Waals surface area contributed by atoms with Gasteiger partial charge in [0.05, 0.1) is 30.1 Å². The molecule has 9 rings (SSSR count). The summed E-state index contributed by atoms with van der Waals surface area (Å²) in [5.74, 6) is 1.92. The number of nitrogens with zero attached hydrogens (tertiary/aromatic N) is 5. The van der Waals surface area contributed by atoms with Crippen LogP contribution in [0.15, 0.2) is 115 Å². The maximum atomic E-state index is 5.29. The van der Waals surface area contributed by atoms with Gasteiger partial charge in [0.15, 0.2) is 5.82 Å². The molecule has 0 bridgehead atoms. The minimum atomic E-state index is -1.52. The summed E-state index contributed by atoms with van der Waals surface area (Å²) < 4.78 is 4.40. The molecule has 0 atom stereocenters. The van der Waals surface area contributed by atoms with Crippen molar-refractivity contribution in [3.8, 4) is 23.3 Å². The highest BCUT2D eigenvalue weighted by atomic mass is 28.3. The van der Waals surface area contributed by atoms with Gasteiger partial charge in [-0.3, -0.25) is 9.13 Å². The molecule has 1 aliphatic heterocycles. The van der Waals surface area contributed by atoms with Gasteiger partial charge >= 0.3 is 0 Å². The first-order valence-electron chi connectivity index (χ1n) is 16.2. The second kappa shape index (κ2) is 9.71. The third-order valence-electron chi connectivity index (χ3n) is 10.3. The van der Waals surface area contributed by atoms with Crippen LogP contribution in [0.1, 0.15) is 25.8 Å². The van der Waals surface area contributed by atoms with Crippen molar-refractivity contribution in [2.45, 2.75) is 44.8 Å². The molecule has 4 heterocycles. The molecule has 6 heteroatoms. The van der Waals surface area contributed by atoms with Crippen LogP contribution in [0.25, 0.3) is 66.9 Å². The first kappa shape index (κ1) is 27.3. The molecular formula is C40H35N5Si. The maximum absolute atomic E-state index is 5.29. The van der Waals surface area contributed by atoms with Crippen LogP contribution in [-0.2, 0) is 5.41 Å². The normalized spacial score (nSPS) is 15.6.